The smallest absolute Gasteiger partial charge is 0.350 e. The van der Waals surface area contributed by atoms with Crippen LogP contribution in [0.15, 0.2) is 10.9 Å². The maximum Gasteiger partial charge on any atom is 0.350 e. The van der Waals surface area contributed by atoms with Crippen LogP contribution in [-0.2, 0) is 11.3 Å². The Labute approximate surface area is 119 Å². The van der Waals surface area contributed by atoms with E-state index in [1.807, 2.05) is 0 Å². The first kappa shape index (κ1) is 12.9. The second kappa shape index (κ2) is 5.12. The topological polar surface area (TPSA) is 103 Å². The first-order valence-corrected chi connectivity index (χ1v) is 7.02. The summed E-state index contributed by atoms with van der Waals surface area (Å²) in [6.45, 7) is 0.427. The summed E-state index contributed by atoms with van der Waals surface area (Å²) in [6.07, 6.45) is 3.47. The molecule has 2 heterocycles. The van der Waals surface area contributed by atoms with Crippen molar-refractivity contribution >= 4 is 28.0 Å². The van der Waals surface area contributed by atoms with Gasteiger partial charge in [0.25, 0.3) is 0 Å². The van der Waals surface area contributed by atoms with E-state index in [0.29, 0.717) is 28.9 Å². The molecule has 106 valence electrons. The summed E-state index contributed by atoms with van der Waals surface area (Å²) in [5.74, 6) is 0.581. The lowest BCUT2D eigenvalue weighted by molar-refractivity contribution is 0.0607. The Morgan fingerprint density at radius 3 is 3.05 bits per heavy atom. The second-order valence-corrected chi connectivity index (χ2v) is 5.58. The third kappa shape index (κ3) is 2.34. The molecule has 3 rings (SSSR count). The molecule has 0 amide bonds. The minimum absolute atomic E-state index is 0.401. The zero-order chi connectivity index (χ0) is 14.1. The normalized spacial score (nSPS) is 14.2. The number of nitrogens with two attached hydrogens (primary N) is 1. The first-order chi connectivity index (χ1) is 9.70. The molecule has 0 radical (unpaired) electrons. The minimum Gasteiger partial charge on any atom is -0.465 e. The van der Waals surface area contributed by atoms with Crippen molar-refractivity contribution in [2.45, 2.75) is 25.3 Å². The van der Waals surface area contributed by atoms with Gasteiger partial charge >= 0.3 is 5.97 Å². The van der Waals surface area contributed by atoms with Crippen LogP contribution in [0.5, 0.6) is 0 Å². The number of nitrogen functional groups attached to an aromatic ring is 1. The van der Waals surface area contributed by atoms with E-state index < -0.39 is 5.97 Å². The number of hydrogen-bond acceptors (Lipinski definition) is 8. The predicted molar refractivity (Wildman–Crippen MR) is 73.7 cm³/mol. The van der Waals surface area contributed by atoms with E-state index in [2.05, 4.69) is 20.0 Å². The molecule has 0 aromatic carbocycles. The number of carbonyl (C=O) groups excluding carboxylic acids is 1. The highest BCUT2D eigenvalue weighted by molar-refractivity contribution is 7.18. The van der Waals surface area contributed by atoms with Crippen LogP contribution in [0.2, 0.25) is 0 Å². The van der Waals surface area contributed by atoms with E-state index in [4.69, 9.17) is 10.5 Å². The van der Waals surface area contributed by atoms with Crippen molar-refractivity contribution in [1.82, 2.24) is 10.1 Å². The Morgan fingerprint density at radius 2 is 2.45 bits per heavy atom. The van der Waals surface area contributed by atoms with Crippen molar-refractivity contribution in [1.29, 1.82) is 0 Å². The van der Waals surface area contributed by atoms with Gasteiger partial charge in [0, 0.05) is 5.56 Å². The number of rotatable bonds is 5. The SMILES string of the molecule is COC(=O)c1sc(NCc2ncon2)c(C2CC2)c1N. The summed E-state index contributed by atoms with van der Waals surface area (Å²) in [4.78, 5) is 16.1. The molecule has 2 aromatic heterocycles. The van der Waals surface area contributed by atoms with Gasteiger partial charge in [-0.3, -0.25) is 0 Å². The average Bonchev–Trinajstić information content (AvgIpc) is 3.03. The Balaban J connectivity index is 1.86. The van der Waals surface area contributed by atoms with E-state index >= 15 is 0 Å². The van der Waals surface area contributed by atoms with Crippen LogP contribution in [0.3, 0.4) is 0 Å². The molecule has 0 bridgehead atoms. The molecule has 1 aliphatic carbocycles. The van der Waals surface area contributed by atoms with Gasteiger partial charge in [-0.05, 0) is 18.8 Å². The number of carbonyl (C=O) groups is 1. The summed E-state index contributed by atoms with van der Waals surface area (Å²) in [7, 11) is 1.35. The quantitative estimate of drug-likeness (QED) is 0.813. The number of nitrogens with one attached hydrogen (secondary N) is 1. The molecule has 0 saturated heterocycles. The minimum atomic E-state index is -0.401. The van der Waals surface area contributed by atoms with Gasteiger partial charge in [0.2, 0.25) is 6.39 Å². The van der Waals surface area contributed by atoms with Crippen LogP contribution in [0.4, 0.5) is 10.7 Å². The van der Waals surface area contributed by atoms with Crippen LogP contribution < -0.4 is 11.1 Å². The summed E-state index contributed by atoms with van der Waals surface area (Å²) in [5, 5.41) is 7.84. The van der Waals surface area contributed by atoms with E-state index in [0.717, 1.165) is 23.4 Å². The molecule has 3 N–H and O–H groups in total. The largest absolute Gasteiger partial charge is 0.465 e. The Bertz CT molecular complexity index is 619. The fourth-order valence-electron chi connectivity index (χ4n) is 2.04. The predicted octanol–water partition coefficient (Wildman–Crippen LogP) is 1.99. The highest BCUT2D eigenvalue weighted by Gasteiger charge is 2.33. The zero-order valence-electron chi connectivity index (χ0n) is 10.9. The molecule has 1 fully saturated rings. The Kier molecular flexibility index (Phi) is 3.31. The van der Waals surface area contributed by atoms with Crippen molar-refractivity contribution < 1.29 is 14.1 Å². The number of thiophene rings is 1. The number of ether oxygens (including phenoxy) is 1. The van der Waals surface area contributed by atoms with Gasteiger partial charge in [-0.2, -0.15) is 4.98 Å². The van der Waals surface area contributed by atoms with Crippen LogP contribution in [-0.4, -0.2) is 23.2 Å². The van der Waals surface area contributed by atoms with E-state index in [9.17, 15) is 4.79 Å². The zero-order valence-corrected chi connectivity index (χ0v) is 11.7. The fourth-order valence-corrected chi connectivity index (χ4v) is 3.16. The Hall–Kier alpha value is -2.09. The van der Waals surface area contributed by atoms with E-state index in [1.165, 1.54) is 24.8 Å². The molecule has 0 spiro atoms. The maximum absolute atomic E-state index is 11.7. The van der Waals surface area contributed by atoms with Crippen LogP contribution in [0.1, 0.15) is 39.8 Å². The van der Waals surface area contributed by atoms with Crippen molar-refractivity contribution in [3.63, 3.8) is 0 Å². The lowest BCUT2D eigenvalue weighted by atomic mass is 10.1. The number of aromatic nitrogens is 2. The van der Waals surface area contributed by atoms with E-state index in [-0.39, 0.29) is 0 Å². The fraction of sp³-hybridized carbons (Fsp3) is 0.417. The van der Waals surface area contributed by atoms with Crippen molar-refractivity contribution in [2.75, 3.05) is 18.2 Å². The number of esters is 1. The molecule has 1 aliphatic rings. The number of hydrogen-bond donors (Lipinski definition) is 2. The molecule has 20 heavy (non-hydrogen) atoms. The van der Waals surface area contributed by atoms with Gasteiger partial charge in [-0.1, -0.05) is 5.16 Å². The van der Waals surface area contributed by atoms with Gasteiger partial charge in [0.05, 0.1) is 24.3 Å². The first-order valence-electron chi connectivity index (χ1n) is 6.20. The monoisotopic (exact) mass is 294 g/mol. The standard InChI is InChI=1S/C12H14N4O3S/c1-18-12(17)10-9(13)8(6-2-3-6)11(20-10)14-4-7-15-5-19-16-7/h5-6,14H,2-4,13H2,1H3. The van der Waals surface area contributed by atoms with Crippen molar-refractivity contribution in [2.24, 2.45) is 0 Å². The van der Waals surface area contributed by atoms with Gasteiger partial charge in [-0.25, -0.2) is 4.79 Å². The van der Waals surface area contributed by atoms with Gasteiger partial charge in [0.15, 0.2) is 5.82 Å². The van der Waals surface area contributed by atoms with Gasteiger partial charge in [0.1, 0.15) is 4.88 Å². The average molecular weight is 294 g/mol. The number of nitrogens with zero attached hydrogens (tertiary/aromatic N) is 2. The van der Waals surface area contributed by atoms with Crippen LogP contribution in [0.25, 0.3) is 0 Å². The number of methoxy groups -OCH3 is 1. The highest BCUT2D eigenvalue weighted by atomic mass is 32.1. The molecule has 2 aromatic rings. The lowest BCUT2D eigenvalue weighted by Crippen LogP contribution is -2.03. The molecule has 0 unspecified atom stereocenters. The summed E-state index contributed by atoms with van der Waals surface area (Å²) in [5.41, 5.74) is 7.63. The molecule has 0 aliphatic heterocycles. The second-order valence-electron chi connectivity index (χ2n) is 4.55. The number of anilines is 2. The molecule has 7 nitrogen and oxygen atoms in total. The molecule has 1 saturated carbocycles. The Morgan fingerprint density at radius 1 is 1.65 bits per heavy atom. The summed E-state index contributed by atoms with van der Waals surface area (Å²) in [6, 6.07) is 0. The third-order valence-corrected chi connectivity index (χ3v) is 4.31. The summed E-state index contributed by atoms with van der Waals surface area (Å²) < 4.78 is 9.44. The molecule has 0 atom stereocenters. The molecular weight excluding hydrogens is 280 g/mol. The van der Waals surface area contributed by atoms with Crippen LogP contribution in [0, 0.1) is 0 Å². The highest BCUT2D eigenvalue weighted by Crippen LogP contribution is 2.50. The van der Waals surface area contributed by atoms with Gasteiger partial charge < -0.3 is 20.3 Å². The van der Waals surface area contributed by atoms with Crippen molar-refractivity contribution in [3.8, 4) is 0 Å². The van der Waals surface area contributed by atoms with Crippen molar-refractivity contribution in [3.05, 3.63) is 22.7 Å². The van der Waals surface area contributed by atoms with E-state index in [1.54, 1.807) is 0 Å². The summed E-state index contributed by atoms with van der Waals surface area (Å²) >= 11 is 1.31. The van der Waals surface area contributed by atoms with Gasteiger partial charge in [-0.15, -0.1) is 11.3 Å². The molecule has 8 heteroatoms. The lowest BCUT2D eigenvalue weighted by Gasteiger charge is -2.04. The third-order valence-electron chi connectivity index (χ3n) is 3.15. The maximum atomic E-state index is 11.7. The van der Waals surface area contributed by atoms with Crippen LogP contribution >= 0.6 is 11.3 Å². The molecular formula is C12H14N4O3S.